The first-order chi connectivity index (χ1) is 33.5. The van der Waals surface area contributed by atoms with Crippen molar-refractivity contribution in [3.8, 4) is 0 Å². The molecule has 0 bridgehead atoms. The average Bonchev–Trinajstić information content (AvgIpc) is 3.32. The molecule has 1 heterocycles. The molecule has 1 amide bonds. The number of hydrogen-bond acceptors (Lipinski definition) is 10. The third kappa shape index (κ3) is 39.3. The standard InChI is InChI=1S/C56H111NO11S/c1-3-5-7-9-11-13-15-17-19-21-23-24-25-26-27-28-29-31-33-35-37-39-41-43-45-50(59)49(48-66-56-54(62)55(68-69(63,64)65)53(61)51(47-58)67-56)57-52(60)46-44-42-40-38-36-34-32-30-22-20-18-16-14-12-10-8-6-4-2/h49-51,53-56,58-59,61-62H,3-48H2,1-2H3,(H,57,60)(H,63,64,65). The molecule has 1 rings (SSSR count). The third-order valence-corrected chi connectivity index (χ3v) is 14.9. The van der Waals surface area contributed by atoms with Crippen LogP contribution in [0.2, 0.25) is 0 Å². The van der Waals surface area contributed by atoms with Crippen LogP contribution in [0.4, 0.5) is 0 Å². The lowest BCUT2D eigenvalue weighted by Crippen LogP contribution is -2.61. The predicted octanol–water partition coefficient (Wildman–Crippen LogP) is 13.7. The lowest BCUT2D eigenvalue weighted by atomic mass is 9.99. The minimum atomic E-state index is -5.08. The molecule has 1 aliphatic rings. The highest BCUT2D eigenvalue weighted by Gasteiger charge is 2.48. The summed E-state index contributed by atoms with van der Waals surface area (Å²) in [6.07, 6.45) is 45.4. The zero-order valence-electron chi connectivity index (χ0n) is 44.7. The normalized spacial score (nSPS) is 19.6. The minimum absolute atomic E-state index is 0.222. The Morgan fingerprint density at radius 3 is 1.16 bits per heavy atom. The molecule has 0 aliphatic carbocycles. The van der Waals surface area contributed by atoms with Gasteiger partial charge in [-0.3, -0.25) is 9.35 Å². The Balaban J connectivity index is 2.33. The Morgan fingerprint density at radius 2 is 0.841 bits per heavy atom. The number of carbonyl (C=O) groups excluding carboxylic acids is 1. The minimum Gasteiger partial charge on any atom is -0.394 e. The molecule has 0 aromatic carbocycles. The second kappa shape index (κ2) is 46.9. The highest BCUT2D eigenvalue weighted by atomic mass is 32.3. The monoisotopic (exact) mass is 1010 g/mol. The van der Waals surface area contributed by atoms with E-state index in [1.165, 1.54) is 218 Å². The highest BCUT2D eigenvalue weighted by Crippen LogP contribution is 2.26. The van der Waals surface area contributed by atoms with E-state index in [-0.39, 0.29) is 12.5 Å². The van der Waals surface area contributed by atoms with Crippen molar-refractivity contribution in [2.24, 2.45) is 0 Å². The summed E-state index contributed by atoms with van der Waals surface area (Å²) in [7, 11) is -5.08. The summed E-state index contributed by atoms with van der Waals surface area (Å²) in [6, 6.07) is -0.853. The lowest BCUT2D eigenvalue weighted by molar-refractivity contribution is -0.298. The average molecular weight is 1010 g/mol. The molecular formula is C56H111NO11S. The largest absolute Gasteiger partial charge is 0.397 e. The Bertz CT molecular complexity index is 1230. The van der Waals surface area contributed by atoms with Gasteiger partial charge in [0.2, 0.25) is 5.91 Å². The van der Waals surface area contributed by atoms with Crippen LogP contribution in [-0.2, 0) is 28.9 Å². The molecule has 412 valence electrons. The number of rotatable bonds is 52. The van der Waals surface area contributed by atoms with Crippen LogP contribution < -0.4 is 5.32 Å². The van der Waals surface area contributed by atoms with Crippen molar-refractivity contribution >= 4 is 16.3 Å². The molecule has 1 fully saturated rings. The van der Waals surface area contributed by atoms with Crippen molar-refractivity contribution in [1.82, 2.24) is 5.32 Å². The van der Waals surface area contributed by atoms with E-state index in [1.807, 2.05) is 0 Å². The maximum Gasteiger partial charge on any atom is 0.397 e. The van der Waals surface area contributed by atoms with E-state index < -0.39 is 59.9 Å². The molecule has 1 aliphatic heterocycles. The van der Waals surface area contributed by atoms with Gasteiger partial charge in [-0.2, -0.15) is 8.42 Å². The summed E-state index contributed by atoms with van der Waals surface area (Å²) in [5, 5.41) is 45.1. The van der Waals surface area contributed by atoms with Gasteiger partial charge in [-0.15, -0.1) is 0 Å². The number of hydrogen-bond donors (Lipinski definition) is 6. The second-order valence-electron chi connectivity index (χ2n) is 21.0. The number of aliphatic hydroxyl groups is 4. The molecule has 12 nitrogen and oxygen atoms in total. The first kappa shape index (κ1) is 66.1. The van der Waals surface area contributed by atoms with Crippen molar-refractivity contribution < 1.29 is 51.8 Å². The highest BCUT2D eigenvalue weighted by molar-refractivity contribution is 7.80. The van der Waals surface area contributed by atoms with Crippen molar-refractivity contribution in [2.75, 3.05) is 13.2 Å². The quantitative estimate of drug-likeness (QED) is 0.0251. The van der Waals surface area contributed by atoms with Crippen LogP contribution in [0.15, 0.2) is 0 Å². The van der Waals surface area contributed by atoms with E-state index in [4.69, 9.17) is 9.47 Å². The number of ether oxygens (including phenoxy) is 2. The van der Waals surface area contributed by atoms with E-state index in [9.17, 15) is 38.2 Å². The Labute approximate surface area is 424 Å². The molecule has 0 spiro atoms. The number of amides is 1. The van der Waals surface area contributed by atoms with Gasteiger partial charge < -0.3 is 35.2 Å². The van der Waals surface area contributed by atoms with Crippen LogP contribution in [0.25, 0.3) is 0 Å². The maximum atomic E-state index is 13.1. The van der Waals surface area contributed by atoms with Crippen LogP contribution in [0.1, 0.15) is 296 Å². The molecule has 1 saturated heterocycles. The van der Waals surface area contributed by atoms with Gasteiger partial charge in [0.25, 0.3) is 0 Å². The molecule has 0 aromatic rings. The van der Waals surface area contributed by atoms with E-state index in [1.54, 1.807) is 0 Å². The summed E-state index contributed by atoms with van der Waals surface area (Å²) in [5.74, 6) is -0.222. The van der Waals surface area contributed by atoms with Crippen LogP contribution in [0.3, 0.4) is 0 Å². The van der Waals surface area contributed by atoms with Gasteiger partial charge in [-0.1, -0.05) is 277 Å². The Kier molecular flexibility index (Phi) is 44.9. The summed E-state index contributed by atoms with van der Waals surface area (Å²) >= 11 is 0. The van der Waals surface area contributed by atoms with Gasteiger partial charge in [-0.05, 0) is 12.8 Å². The van der Waals surface area contributed by atoms with Gasteiger partial charge in [0.1, 0.15) is 24.4 Å². The molecular weight excluding hydrogens is 895 g/mol. The van der Waals surface area contributed by atoms with Crippen molar-refractivity contribution in [1.29, 1.82) is 0 Å². The number of carbonyl (C=O) groups is 1. The Hall–Kier alpha value is -0.900. The van der Waals surface area contributed by atoms with Gasteiger partial charge in [0.05, 0.1) is 25.4 Å². The zero-order valence-corrected chi connectivity index (χ0v) is 45.5. The predicted molar refractivity (Wildman–Crippen MR) is 283 cm³/mol. The SMILES string of the molecule is CCCCCCCCCCCCCCCCCCCCCCCCCCC(O)C(COC1OC(CO)C(O)C(OS(=O)(=O)O)C1O)NC(=O)CCCCCCCCCCCCCCCCCCCC. The molecule has 0 saturated carbocycles. The molecule has 7 unspecified atom stereocenters. The fraction of sp³-hybridized carbons (Fsp3) is 0.982. The molecule has 7 atom stereocenters. The van der Waals surface area contributed by atoms with Gasteiger partial charge in [0, 0.05) is 6.42 Å². The van der Waals surface area contributed by atoms with Crippen molar-refractivity contribution in [3.05, 3.63) is 0 Å². The van der Waals surface area contributed by atoms with E-state index in [0.29, 0.717) is 12.8 Å². The number of unbranched alkanes of at least 4 members (excludes halogenated alkanes) is 40. The molecule has 0 radical (unpaired) electrons. The Morgan fingerprint density at radius 1 is 0.522 bits per heavy atom. The first-order valence-electron chi connectivity index (χ1n) is 29.4. The summed E-state index contributed by atoms with van der Waals surface area (Å²) in [5.41, 5.74) is 0. The van der Waals surface area contributed by atoms with Crippen LogP contribution >= 0.6 is 0 Å². The summed E-state index contributed by atoms with van der Waals surface area (Å²) < 4.78 is 47.9. The smallest absolute Gasteiger partial charge is 0.394 e. The molecule has 69 heavy (non-hydrogen) atoms. The first-order valence-corrected chi connectivity index (χ1v) is 30.8. The number of nitrogens with one attached hydrogen (secondary N) is 1. The second-order valence-corrected chi connectivity index (χ2v) is 22.0. The maximum absolute atomic E-state index is 13.1. The topological polar surface area (TPSA) is 192 Å². The third-order valence-electron chi connectivity index (χ3n) is 14.4. The van der Waals surface area contributed by atoms with Crippen molar-refractivity contribution in [3.63, 3.8) is 0 Å². The molecule has 6 N–H and O–H groups in total. The number of aliphatic hydroxyl groups excluding tert-OH is 4. The van der Waals surface area contributed by atoms with Gasteiger partial charge in [-0.25, -0.2) is 4.18 Å². The van der Waals surface area contributed by atoms with Crippen LogP contribution in [-0.4, -0.2) is 95.4 Å². The van der Waals surface area contributed by atoms with Crippen LogP contribution in [0, 0.1) is 0 Å². The summed E-state index contributed by atoms with van der Waals surface area (Å²) in [6.45, 7) is 3.51. The fourth-order valence-electron chi connectivity index (χ4n) is 9.88. The summed E-state index contributed by atoms with van der Waals surface area (Å²) in [4.78, 5) is 13.1. The van der Waals surface area contributed by atoms with Crippen molar-refractivity contribution in [2.45, 2.75) is 339 Å². The fourth-order valence-corrected chi connectivity index (χ4v) is 10.4. The zero-order chi connectivity index (χ0) is 50.5. The molecule has 13 heteroatoms. The van der Waals surface area contributed by atoms with Crippen LogP contribution in [0.5, 0.6) is 0 Å². The van der Waals surface area contributed by atoms with E-state index in [2.05, 4.69) is 23.3 Å². The van der Waals surface area contributed by atoms with Gasteiger partial charge >= 0.3 is 10.4 Å². The van der Waals surface area contributed by atoms with E-state index in [0.717, 1.165) is 51.4 Å². The van der Waals surface area contributed by atoms with Gasteiger partial charge in [0.15, 0.2) is 6.29 Å². The lowest BCUT2D eigenvalue weighted by Gasteiger charge is -2.41. The van der Waals surface area contributed by atoms with E-state index >= 15 is 0 Å². The molecule has 0 aromatic heterocycles.